The van der Waals surface area contributed by atoms with Crippen LogP contribution in [0.4, 0.5) is 5.82 Å². The monoisotopic (exact) mass is 251 g/mol. The van der Waals surface area contributed by atoms with Gasteiger partial charge < -0.3 is 5.73 Å². The summed E-state index contributed by atoms with van der Waals surface area (Å²) in [7, 11) is -3.18. The first-order chi connectivity index (χ1) is 7.89. The van der Waals surface area contributed by atoms with Gasteiger partial charge in [0.1, 0.15) is 5.82 Å². The first-order valence-corrected chi connectivity index (χ1v) is 6.88. The number of aryl methyl sites for hydroxylation is 1. The molecule has 0 fully saturated rings. The van der Waals surface area contributed by atoms with Crippen molar-refractivity contribution in [1.29, 1.82) is 0 Å². The van der Waals surface area contributed by atoms with Crippen molar-refractivity contribution in [2.24, 2.45) is 0 Å². The number of nitrogens with one attached hydrogen (secondary N) is 1. The zero-order valence-electron chi connectivity index (χ0n) is 9.56. The predicted molar refractivity (Wildman–Crippen MR) is 66.3 cm³/mol. The van der Waals surface area contributed by atoms with Gasteiger partial charge in [-0.2, -0.15) is 5.10 Å². The fraction of sp³-hybridized carbons (Fsp3) is 0.182. The number of nitrogens with two attached hydrogens (primary N) is 1. The maximum absolute atomic E-state index is 11.5. The van der Waals surface area contributed by atoms with Crippen LogP contribution in [0.15, 0.2) is 29.3 Å². The number of sulfone groups is 1. The van der Waals surface area contributed by atoms with Crippen LogP contribution in [0.3, 0.4) is 0 Å². The van der Waals surface area contributed by atoms with E-state index in [4.69, 9.17) is 5.73 Å². The second-order valence-corrected chi connectivity index (χ2v) is 5.93. The van der Waals surface area contributed by atoms with Gasteiger partial charge in [0.15, 0.2) is 9.84 Å². The van der Waals surface area contributed by atoms with E-state index in [1.807, 2.05) is 0 Å². The quantitative estimate of drug-likeness (QED) is 0.843. The van der Waals surface area contributed by atoms with Gasteiger partial charge in [-0.1, -0.05) is 6.07 Å². The Kier molecular flexibility index (Phi) is 2.66. The van der Waals surface area contributed by atoms with Crippen LogP contribution < -0.4 is 5.73 Å². The van der Waals surface area contributed by atoms with Gasteiger partial charge in [0, 0.05) is 11.8 Å². The van der Waals surface area contributed by atoms with Crippen molar-refractivity contribution in [3.8, 4) is 11.1 Å². The summed E-state index contributed by atoms with van der Waals surface area (Å²) < 4.78 is 23.0. The van der Waals surface area contributed by atoms with Gasteiger partial charge in [-0.15, -0.1) is 0 Å². The highest BCUT2D eigenvalue weighted by atomic mass is 32.2. The van der Waals surface area contributed by atoms with Crippen LogP contribution in [0, 0.1) is 6.92 Å². The van der Waals surface area contributed by atoms with E-state index in [2.05, 4.69) is 10.2 Å². The summed E-state index contributed by atoms with van der Waals surface area (Å²) in [5, 5.41) is 6.47. The molecule has 0 aliphatic heterocycles. The molecular formula is C11H13N3O2S. The first kappa shape index (κ1) is 11.7. The van der Waals surface area contributed by atoms with Gasteiger partial charge in [0.25, 0.3) is 0 Å². The molecule has 0 aliphatic rings. The third-order valence-corrected chi connectivity index (χ3v) is 3.81. The lowest BCUT2D eigenvalue weighted by Crippen LogP contribution is -2.00. The lowest BCUT2D eigenvalue weighted by molar-refractivity contribution is 0.601. The van der Waals surface area contributed by atoms with Crippen LogP contribution in [-0.2, 0) is 9.84 Å². The Bertz CT molecular complexity index is 659. The molecule has 0 atom stereocenters. The molecule has 0 bridgehead atoms. The zero-order chi connectivity index (χ0) is 12.6. The molecule has 0 saturated carbocycles. The number of nitrogen functional groups attached to an aromatic ring is 1. The topological polar surface area (TPSA) is 88.8 Å². The minimum absolute atomic E-state index is 0.336. The number of H-pyrrole nitrogens is 1. The molecule has 1 aromatic carbocycles. The Morgan fingerprint density at radius 2 is 2.06 bits per heavy atom. The third-order valence-electron chi connectivity index (χ3n) is 2.55. The lowest BCUT2D eigenvalue weighted by atomic mass is 10.1. The number of aromatic amines is 1. The average Bonchev–Trinajstić information content (AvgIpc) is 2.62. The van der Waals surface area contributed by atoms with E-state index < -0.39 is 9.84 Å². The van der Waals surface area contributed by atoms with E-state index in [0.717, 1.165) is 11.1 Å². The molecule has 0 aliphatic carbocycles. The number of hydrogen-bond donors (Lipinski definition) is 2. The number of hydrogen-bond acceptors (Lipinski definition) is 4. The Hall–Kier alpha value is -1.82. The largest absolute Gasteiger partial charge is 0.384 e. The van der Waals surface area contributed by atoms with Crippen molar-refractivity contribution >= 4 is 15.7 Å². The molecule has 0 saturated heterocycles. The zero-order valence-corrected chi connectivity index (χ0v) is 10.4. The van der Waals surface area contributed by atoms with Crippen LogP contribution in [0.5, 0.6) is 0 Å². The summed E-state index contributed by atoms with van der Waals surface area (Å²) in [4.78, 5) is 0.336. The summed E-state index contributed by atoms with van der Waals surface area (Å²) >= 11 is 0. The minimum Gasteiger partial charge on any atom is -0.384 e. The van der Waals surface area contributed by atoms with E-state index in [1.165, 1.54) is 6.26 Å². The minimum atomic E-state index is -3.18. The molecule has 1 heterocycles. The second kappa shape index (κ2) is 3.89. The molecule has 5 nitrogen and oxygen atoms in total. The number of anilines is 1. The number of rotatable bonds is 2. The summed E-state index contributed by atoms with van der Waals surface area (Å²) in [6.45, 7) is 1.76. The van der Waals surface area contributed by atoms with Crippen LogP contribution in [0.25, 0.3) is 11.1 Å². The Labute approximate surface area is 99.6 Å². The highest BCUT2D eigenvalue weighted by molar-refractivity contribution is 7.90. The van der Waals surface area contributed by atoms with E-state index in [-0.39, 0.29) is 0 Å². The molecule has 3 N–H and O–H groups in total. The Morgan fingerprint density at radius 3 is 2.53 bits per heavy atom. The van der Waals surface area contributed by atoms with Crippen molar-refractivity contribution in [2.75, 3.05) is 12.0 Å². The van der Waals surface area contributed by atoms with E-state index in [1.54, 1.807) is 31.3 Å². The maximum Gasteiger partial charge on any atom is 0.175 e. The number of benzene rings is 1. The number of nitrogens with zero attached hydrogens (tertiary/aromatic N) is 1. The van der Waals surface area contributed by atoms with E-state index in [9.17, 15) is 8.42 Å². The van der Waals surface area contributed by atoms with Crippen molar-refractivity contribution in [3.63, 3.8) is 0 Å². The molecule has 1 aromatic heterocycles. The molecule has 2 rings (SSSR count). The fourth-order valence-electron chi connectivity index (χ4n) is 1.76. The molecular weight excluding hydrogens is 238 g/mol. The highest BCUT2D eigenvalue weighted by Gasteiger charge is 2.12. The van der Waals surface area contributed by atoms with Gasteiger partial charge in [0.05, 0.1) is 11.1 Å². The molecule has 17 heavy (non-hydrogen) atoms. The molecule has 6 heteroatoms. The van der Waals surface area contributed by atoms with Crippen molar-refractivity contribution in [1.82, 2.24) is 10.2 Å². The van der Waals surface area contributed by atoms with Gasteiger partial charge in [-0.05, 0) is 30.2 Å². The van der Waals surface area contributed by atoms with Crippen LogP contribution in [0.2, 0.25) is 0 Å². The van der Waals surface area contributed by atoms with Crippen molar-refractivity contribution < 1.29 is 8.42 Å². The SMILES string of the molecule is Cc1cc(-c2cn[nH]c2N)ccc1S(C)(=O)=O. The van der Waals surface area contributed by atoms with Gasteiger partial charge in [-0.25, -0.2) is 8.42 Å². The smallest absolute Gasteiger partial charge is 0.175 e. The van der Waals surface area contributed by atoms with Gasteiger partial charge in [0.2, 0.25) is 0 Å². The first-order valence-electron chi connectivity index (χ1n) is 4.99. The average molecular weight is 251 g/mol. The highest BCUT2D eigenvalue weighted by Crippen LogP contribution is 2.27. The molecule has 0 amide bonds. The van der Waals surface area contributed by atoms with Crippen LogP contribution in [-0.4, -0.2) is 24.9 Å². The Morgan fingerprint density at radius 1 is 1.35 bits per heavy atom. The summed E-state index contributed by atoms with van der Waals surface area (Å²) in [6, 6.07) is 5.11. The lowest BCUT2D eigenvalue weighted by Gasteiger charge is -2.06. The van der Waals surface area contributed by atoms with Gasteiger partial charge in [-0.3, -0.25) is 5.10 Å². The van der Waals surface area contributed by atoms with E-state index in [0.29, 0.717) is 16.3 Å². The normalized spacial score (nSPS) is 11.6. The molecule has 0 spiro atoms. The molecule has 0 unspecified atom stereocenters. The Balaban J connectivity index is 2.56. The third kappa shape index (κ3) is 2.16. The summed E-state index contributed by atoms with van der Waals surface area (Å²) in [5.41, 5.74) is 8.03. The molecule has 2 aromatic rings. The van der Waals surface area contributed by atoms with E-state index >= 15 is 0 Å². The van der Waals surface area contributed by atoms with Crippen LogP contribution >= 0.6 is 0 Å². The second-order valence-electron chi connectivity index (χ2n) is 3.95. The molecule has 0 radical (unpaired) electrons. The predicted octanol–water partition coefficient (Wildman–Crippen LogP) is 1.37. The summed E-state index contributed by atoms with van der Waals surface area (Å²) in [6.07, 6.45) is 2.81. The number of aromatic nitrogens is 2. The van der Waals surface area contributed by atoms with Crippen molar-refractivity contribution in [2.45, 2.75) is 11.8 Å². The molecule has 90 valence electrons. The summed E-state index contributed by atoms with van der Waals surface area (Å²) in [5.74, 6) is 0.469. The standard InChI is InChI=1S/C11H13N3O2S/c1-7-5-8(9-6-13-14-11(9)12)3-4-10(7)17(2,15)16/h3-6H,1-2H3,(H3,12,13,14). The van der Waals surface area contributed by atoms with Gasteiger partial charge >= 0.3 is 0 Å². The van der Waals surface area contributed by atoms with Crippen LogP contribution in [0.1, 0.15) is 5.56 Å². The maximum atomic E-state index is 11.5. The fourth-order valence-corrected chi connectivity index (χ4v) is 2.72. The van der Waals surface area contributed by atoms with Crippen molar-refractivity contribution in [3.05, 3.63) is 30.0 Å².